The molecule has 3 aromatic rings. The molecule has 3 nitrogen and oxygen atoms in total. The second-order valence-corrected chi connectivity index (χ2v) is 4.26. The molecule has 0 bridgehead atoms. The number of nitrogens with one attached hydrogen (secondary N) is 1. The van der Waals surface area contributed by atoms with E-state index in [0.29, 0.717) is 0 Å². The minimum Gasteiger partial charge on any atom is -0.478 e. The van der Waals surface area contributed by atoms with Gasteiger partial charge in [0.15, 0.2) is 0 Å². The number of para-hydroxylation sites is 1. The molecule has 2 aromatic carbocycles. The number of aromatic amines is 1. The van der Waals surface area contributed by atoms with Gasteiger partial charge in [-0.2, -0.15) is 0 Å². The Hall–Kier alpha value is -2.00. The Morgan fingerprint density at radius 1 is 1.12 bits per heavy atom. The lowest BCUT2D eigenvalue weighted by Gasteiger charge is -1.98. The first-order valence-electron chi connectivity index (χ1n) is 5.10. The fourth-order valence-electron chi connectivity index (χ4n) is 2.04. The van der Waals surface area contributed by atoms with Crippen LogP contribution in [-0.4, -0.2) is 16.1 Å². The van der Waals surface area contributed by atoms with Gasteiger partial charge in [-0.05, 0) is 18.2 Å². The molecule has 17 heavy (non-hydrogen) atoms. The molecule has 0 atom stereocenters. The van der Waals surface area contributed by atoms with Crippen LogP contribution in [0.5, 0.6) is 0 Å². The second-order valence-electron chi connectivity index (χ2n) is 3.85. The van der Waals surface area contributed by atoms with Crippen LogP contribution in [0.3, 0.4) is 0 Å². The van der Waals surface area contributed by atoms with Crippen molar-refractivity contribution in [2.45, 2.75) is 0 Å². The number of fused-ring (bicyclic) bond motifs is 3. The number of carbonyl (C=O) groups is 1. The molecule has 0 aliphatic heterocycles. The van der Waals surface area contributed by atoms with E-state index >= 15 is 0 Å². The van der Waals surface area contributed by atoms with E-state index in [1.165, 1.54) is 0 Å². The average molecular weight is 246 g/mol. The van der Waals surface area contributed by atoms with Crippen LogP contribution in [0, 0.1) is 0 Å². The van der Waals surface area contributed by atoms with Crippen molar-refractivity contribution in [3.63, 3.8) is 0 Å². The van der Waals surface area contributed by atoms with Gasteiger partial charge in [0, 0.05) is 21.8 Å². The van der Waals surface area contributed by atoms with Crippen LogP contribution in [0.4, 0.5) is 0 Å². The van der Waals surface area contributed by atoms with E-state index in [1.54, 1.807) is 12.1 Å². The molecule has 0 fully saturated rings. The molecule has 1 aromatic heterocycles. The zero-order valence-electron chi connectivity index (χ0n) is 8.70. The number of benzene rings is 2. The monoisotopic (exact) mass is 245 g/mol. The summed E-state index contributed by atoms with van der Waals surface area (Å²) >= 11 is 5.96. The van der Waals surface area contributed by atoms with Crippen LogP contribution in [0.1, 0.15) is 10.4 Å². The minimum atomic E-state index is -1.02. The smallest absolute Gasteiger partial charge is 0.337 e. The summed E-state index contributed by atoms with van der Waals surface area (Å²) in [5.41, 5.74) is 1.87. The first kappa shape index (κ1) is 10.2. The highest BCUT2D eigenvalue weighted by Crippen LogP contribution is 2.30. The highest BCUT2D eigenvalue weighted by atomic mass is 35.5. The van der Waals surface area contributed by atoms with E-state index in [4.69, 9.17) is 16.7 Å². The number of hydrogen-bond acceptors (Lipinski definition) is 1. The third-order valence-corrected chi connectivity index (χ3v) is 3.14. The molecule has 0 aliphatic rings. The minimum absolute atomic E-state index is 0.116. The number of halogens is 1. The molecular formula is C13H8ClNO2. The third kappa shape index (κ3) is 1.47. The van der Waals surface area contributed by atoms with E-state index in [0.717, 1.165) is 21.8 Å². The SMILES string of the molecule is O=C(O)c1cc2[nH]c3ccccc3c2cc1Cl. The standard InChI is InChI=1S/C13H8ClNO2/c14-10-5-8-7-3-1-2-4-11(7)15-12(8)6-9(10)13(16)17/h1-6,15H,(H,16,17). The van der Waals surface area contributed by atoms with Crippen LogP contribution >= 0.6 is 11.6 Å². The summed E-state index contributed by atoms with van der Waals surface area (Å²) in [4.78, 5) is 14.2. The molecule has 0 spiro atoms. The lowest BCUT2D eigenvalue weighted by atomic mass is 10.1. The predicted octanol–water partition coefficient (Wildman–Crippen LogP) is 3.67. The van der Waals surface area contributed by atoms with Gasteiger partial charge in [0.25, 0.3) is 0 Å². The number of aromatic nitrogens is 1. The van der Waals surface area contributed by atoms with Crippen molar-refractivity contribution in [3.8, 4) is 0 Å². The zero-order chi connectivity index (χ0) is 12.0. The molecule has 4 heteroatoms. The molecule has 84 valence electrons. The normalized spacial score (nSPS) is 11.1. The maximum atomic E-state index is 11.0. The van der Waals surface area contributed by atoms with Crippen molar-refractivity contribution in [2.75, 3.05) is 0 Å². The van der Waals surface area contributed by atoms with Crippen molar-refractivity contribution in [1.82, 2.24) is 4.98 Å². The Labute approximate surface area is 102 Å². The number of hydrogen-bond donors (Lipinski definition) is 2. The predicted molar refractivity (Wildman–Crippen MR) is 67.8 cm³/mol. The molecule has 0 unspecified atom stereocenters. The summed E-state index contributed by atoms with van der Waals surface area (Å²) in [5, 5.41) is 11.2. The molecule has 0 radical (unpaired) electrons. The van der Waals surface area contributed by atoms with Crippen LogP contribution in [-0.2, 0) is 0 Å². The van der Waals surface area contributed by atoms with Crippen molar-refractivity contribution >= 4 is 39.4 Å². The Bertz CT molecular complexity index is 746. The Morgan fingerprint density at radius 3 is 2.65 bits per heavy atom. The highest BCUT2D eigenvalue weighted by Gasteiger charge is 2.12. The topological polar surface area (TPSA) is 53.1 Å². The molecule has 1 heterocycles. The van der Waals surface area contributed by atoms with Crippen LogP contribution in [0.2, 0.25) is 5.02 Å². The van der Waals surface area contributed by atoms with E-state index in [2.05, 4.69) is 4.98 Å². The van der Waals surface area contributed by atoms with Gasteiger partial charge in [-0.25, -0.2) is 4.79 Å². The molecule has 3 rings (SSSR count). The lowest BCUT2D eigenvalue weighted by Crippen LogP contribution is -1.96. The second kappa shape index (κ2) is 3.50. The quantitative estimate of drug-likeness (QED) is 0.687. The Morgan fingerprint density at radius 2 is 1.88 bits per heavy atom. The molecular weight excluding hydrogens is 238 g/mol. The number of rotatable bonds is 1. The molecule has 0 saturated heterocycles. The summed E-state index contributed by atoms with van der Waals surface area (Å²) in [5.74, 6) is -1.02. The summed E-state index contributed by atoms with van der Waals surface area (Å²) < 4.78 is 0. The molecule has 0 amide bonds. The number of carboxylic acids is 1. The lowest BCUT2D eigenvalue weighted by molar-refractivity contribution is 0.0697. The summed E-state index contributed by atoms with van der Waals surface area (Å²) in [6.45, 7) is 0. The molecule has 2 N–H and O–H groups in total. The molecule has 0 saturated carbocycles. The maximum Gasteiger partial charge on any atom is 0.337 e. The van der Waals surface area contributed by atoms with Crippen LogP contribution in [0.25, 0.3) is 21.8 Å². The van der Waals surface area contributed by atoms with Gasteiger partial charge < -0.3 is 10.1 Å². The van der Waals surface area contributed by atoms with Crippen molar-refractivity contribution in [2.24, 2.45) is 0 Å². The van der Waals surface area contributed by atoms with Gasteiger partial charge in [0.1, 0.15) is 0 Å². The van der Waals surface area contributed by atoms with Gasteiger partial charge in [-0.15, -0.1) is 0 Å². The van der Waals surface area contributed by atoms with Crippen LogP contribution in [0.15, 0.2) is 36.4 Å². The fraction of sp³-hybridized carbons (Fsp3) is 0. The van der Waals surface area contributed by atoms with Gasteiger partial charge in [0.05, 0.1) is 10.6 Å². The van der Waals surface area contributed by atoms with E-state index in [1.807, 2.05) is 24.3 Å². The van der Waals surface area contributed by atoms with Gasteiger partial charge in [-0.3, -0.25) is 0 Å². The summed E-state index contributed by atoms with van der Waals surface area (Å²) in [6, 6.07) is 11.1. The fourth-order valence-corrected chi connectivity index (χ4v) is 2.28. The summed E-state index contributed by atoms with van der Waals surface area (Å²) in [6.07, 6.45) is 0. The van der Waals surface area contributed by atoms with E-state index in [-0.39, 0.29) is 10.6 Å². The summed E-state index contributed by atoms with van der Waals surface area (Å²) in [7, 11) is 0. The Kier molecular flexibility index (Phi) is 2.09. The number of aromatic carboxylic acids is 1. The Balaban J connectivity index is 2.46. The maximum absolute atomic E-state index is 11.0. The number of carboxylic acid groups (broad SMARTS) is 1. The van der Waals surface area contributed by atoms with Crippen molar-refractivity contribution < 1.29 is 9.90 Å². The van der Waals surface area contributed by atoms with Gasteiger partial charge in [0.2, 0.25) is 0 Å². The van der Waals surface area contributed by atoms with Crippen molar-refractivity contribution in [1.29, 1.82) is 0 Å². The third-order valence-electron chi connectivity index (χ3n) is 2.82. The zero-order valence-corrected chi connectivity index (χ0v) is 9.45. The molecule has 0 aliphatic carbocycles. The van der Waals surface area contributed by atoms with Crippen LogP contribution < -0.4 is 0 Å². The van der Waals surface area contributed by atoms with Gasteiger partial charge in [-0.1, -0.05) is 29.8 Å². The van der Waals surface area contributed by atoms with E-state index in [9.17, 15) is 4.79 Å². The van der Waals surface area contributed by atoms with Gasteiger partial charge >= 0.3 is 5.97 Å². The largest absolute Gasteiger partial charge is 0.478 e. The highest BCUT2D eigenvalue weighted by molar-refractivity contribution is 6.35. The average Bonchev–Trinajstić information content (AvgIpc) is 2.65. The van der Waals surface area contributed by atoms with Crippen molar-refractivity contribution in [3.05, 3.63) is 47.0 Å². The first-order chi connectivity index (χ1) is 8.16. The number of H-pyrrole nitrogens is 1. The first-order valence-corrected chi connectivity index (χ1v) is 5.48. The van der Waals surface area contributed by atoms with E-state index < -0.39 is 5.97 Å².